The smallest absolute Gasteiger partial charge is 0.210 e. The third-order valence-electron chi connectivity index (χ3n) is 2.30. The zero-order valence-electron chi connectivity index (χ0n) is 8.45. The fourth-order valence-corrected chi connectivity index (χ4v) is 2.11. The Labute approximate surface area is 97.0 Å². The number of thiazole rings is 1. The molecule has 0 aliphatic rings. The molecular formula is C12H9N3S. The van der Waals surface area contributed by atoms with Crippen molar-refractivity contribution in [3.05, 3.63) is 54.3 Å². The lowest BCUT2D eigenvalue weighted by Gasteiger charge is -1.94. The van der Waals surface area contributed by atoms with Crippen LogP contribution in [-0.4, -0.2) is 14.8 Å². The largest absolute Gasteiger partial charge is 0.227 e. The summed E-state index contributed by atoms with van der Waals surface area (Å²) >= 11 is 1.57. The molecule has 0 radical (unpaired) electrons. The molecule has 0 N–H and O–H groups in total. The molecule has 0 fully saturated rings. The van der Waals surface area contributed by atoms with Crippen LogP contribution in [0.2, 0.25) is 0 Å². The third kappa shape index (κ3) is 1.63. The van der Waals surface area contributed by atoms with Gasteiger partial charge in [-0.3, -0.25) is 0 Å². The molecule has 2 heterocycles. The summed E-state index contributed by atoms with van der Waals surface area (Å²) in [4.78, 5) is 4.21. The topological polar surface area (TPSA) is 30.7 Å². The number of hydrogen-bond donors (Lipinski definition) is 0. The second-order valence-electron chi connectivity index (χ2n) is 3.35. The van der Waals surface area contributed by atoms with Gasteiger partial charge in [0.1, 0.15) is 0 Å². The Balaban J connectivity index is 2.00. The number of rotatable bonds is 2. The molecule has 0 aliphatic carbocycles. The SMILES string of the molecule is c1ccc(-c2cnn(-c3nccs3)c2)cc1. The van der Waals surface area contributed by atoms with Crippen LogP contribution in [0, 0.1) is 0 Å². The summed E-state index contributed by atoms with van der Waals surface area (Å²) in [6.07, 6.45) is 5.63. The Hall–Kier alpha value is -1.94. The van der Waals surface area contributed by atoms with E-state index in [0.717, 1.165) is 10.7 Å². The summed E-state index contributed by atoms with van der Waals surface area (Å²) in [7, 11) is 0. The lowest BCUT2D eigenvalue weighted by atomic mass is 10.1. The summed E-state index contributed by atoms with van der Waals surface area (Å²) in [5.41, 5.74) is 2.28. The predicted octanol–water partition coefficient (Wildman–Crippen LogP) is 3.00. The summed E-state index contributed by atoms with van der Waals surface area (Å²) in [5.74, 6) is 0. The number of aromatic nitrogens is 3. The van der Waals surface area contributed by atoms with Gasteiger partial charge in [-0.1, -0.05) is 30.3 Å². The van der Waals surface area contributed by atoms with E-state index in [1.807, 2.05) is 36.0 Å². The van der Waals surface area contributed by atoms with E-state index in [-0.39, 0.29) is 0 Å². The first-order chi connectivity index (χ1) is 7.93. The van der Waals surface area contributed by atoms with Gasteiger partial charge in [0.15, 0.2) is 0 Å². The normalized spacial score (nSPS) is 10.5. The van der Waals surface area contributed by atoms with Crippen molar-refractivity contribution in [2.45, 2.75) is 0 Å². The molecule has 3 rings (SSSR count). The van der Waals surface area contributed by atoms with Crippen molar-refractivity contribution >= 4 is 11.3 Å². The van der Waals surface area contributed by atoms with Gasteiger partial charge in [0.05, 0.1) is 6.20 Å². The van der Waals surface area contributed by atoms with Crippen molar-refractivity contribution in [1.29, 1.82) is 0 Å². The highest BCUT2D eigenvalue weighted by Gasteiger charge is 2.03. The molecule has 0 aliphatic heterocycles. The van der Waals surface area contributed by atoms with E-state index in [1.54, 1.807) is 22.2 Å². The average Bonchev–Trinajstić information content (AvgIpc) is 3.01. The minimum Gasteiger partial charge on any atom is -0.227 e. The zero-order chi connectivity index (χ0) is 10.8. The van der Waals surface area contributed by atoms with Crippen LogP contribution < -0.4 is 0 Å². The van der Waals surface area contributed by atoms with Gasteiger partial charge >= 0.3 is 0 Å². The van der Waals surface area contributed by atoms with E-state index in [9.17, 15) is 0 Å². The minimum absolute atomic E-state index is 0.891. The maximum atomic E-state index is 4.30. The second-order valence-corrected chi connectivity index (χ2v) is 4.23. The fourth-order valence-electron chi connectivity index (χ4n) is 1.54. The maximum absolute atomic E-state index is 4.30. The van der Waals surface area contributed by atoms with Gasteiger partial charge in [-0.2, -0.15) is 5.10 Å². The van der Waals surface area contributed by atoms with Crippen LogP contribution in [0.15, 0.2) is 54.3 Å². The summed E-state index contributed by atoms with van der Waals surface area (Å²) in [6, 6.07) is 10.2. The van der Waals surface area contributed by atoms with Gasteiger partial charge in [0.2, 0.25) is 5.13 Å². The molecule has 2 aromatic heterocycles. The Kier molecular flexibility index (Phi) is 2.27. The van der Waals surface area contributed by atoms with Crippen LogP contribution in [0.25, 0.3) is 16.3 Å². The van der Waals surface area contributed by atoms with Crippen molar-refractivity contribution in [3.8, 4) is 16.3 Å². The number of hydrogen-bond acceptors (Lipinski definition) is 3. The van der Waals surface area contributed by atoms with Gasteiger partial charge < -0.3 is 0 Å². The van der Waals surface area contributed by atoms with Gasteiger partial charge in [-0.25, -0.2) is 9.67 Å². The zero-order valence-corrected chi connectivity index (χ0v) is 9.26. The van der Waals surface area contributed by atoms with Gasteiger partial charge in [0.25, 0.3) is 0 Å². The van der Waals surface area contributed by atoms with Gasteiger partial charge in [0, 0.05) is 23.3 Å². The fraction of sp³-hybridized carbons (Fsp3) is 0. The van der Waals surface area contributed by atoms with E-state index in [4.69, 9.17) is 0 Å². The van der Waals surface area contributed by atoms with E-state index in [0.29, 0.717) is 0 Å². The molecule has 0 atom stereocenters. The molecule has 1 aromatic carbocycles. The van der Waals surface area contributed by atoms with E-state index in [1.165, 1.54) is 5.56 Å². The van der Waals surface area contributed by atoms with Crippen LogP contribution in [0.1, 0.15) is 0 Å². The Morgan fingerprint density at radius 1 is 1.06 bits per heavy atom. The summed E-state index contributed by atoms with van der Waals surface area (Å²) in [6.45, 7) is 0. The quantitative estimate of drug-likeness (QED) is 0.673. The standard InChI is InChI=1S/C12H9N3S/c1-2-4-10(5-3-1)11-8-14-15(9-11)12-13-6-7-16-12/h1-9H. The first-order valence-electron chi connectivity index (χ1n) is 4.93. The molecule has 0 unspecified atom stereocenters. The van der Waals surface area contributed by atoms with Crippen LogP contribution in [0.4, 0.5) is 0 Å². The molecule has 0 amide bonds. The number of benzene rings is 1. The lowest BCUT2D eigenvalue weighted by Crippen LogP contribution is -1.91. The monoisotopic (exact) mass is 227 g/mol. The van der Waals surface area contributed by atoms with Gasteiger partial charge in [-0.05, 0) is 5.56 Å². The predicted molar refractivity (Wildman–Crippen MR) is 64.7 cm³/mol. The molecule has 16 heavy (non-hydrogen) atoms. The van der Waals surface area contributed by atoms with E-state index in [2.05, 4.69) is 22.2 Å². The maximum Gasteiger partial charge on any atom is 0.210 e. The Bertz CT molecular complexity index is 569. The molecule has 78 valence electrons. The first kappa shape index (κ1) is 9.30. The molecule has 3 aromatic rings. The van der Waals surface area contributed by atoms with E-state index >= 15 is 0 Å². The van der Waals surface area contributed by atoms with Crippen LogP contribution in [-0.2, 0) is 0 Å². The first-order valence-corrected chi connectivity index (χ1v) is 5.81. The van der Waals surface area contributed by atoms with Crippen molar-refractivity contribution in [2.75, 3.05) is 0 Å². The lowest BCUT2D eigenvalue weighted by molar-refractivity contribution is 0.870. The van der Waals surface area contributed by atoms with Crippen molar-refractivity contribution in [2.24, 2.45) is 0 Å². The summed E-state index contributed by atoms with van der Waals surface area (Å²) in [5, 5.41) is 7.13. The third-order valence-corrected chi connectivity index (χ3v) is 3.07. The van der Waals surface area contributed by atoms with Gasteiger partial charge in [-0.15, -0.1) is 11.3 Å². The van der Waals surface area contributed by atoms with Crippen LogP contribution >= 0.6 is 11.3 Å². The highest BCUT2D eigenvalue weighted by Crippen LogP contribution is 2.20. The van der Waals surface area contributed by atoms with Crippen molar-refractivity contribution in [1.82, 2.24) is 14.8 Å². The summed E-state index contributed by atoms with van der Waals surface area (Å²) < 4.78 is 1.80. The molecular weight excluding hydrogens is 218 g/mol. The molecule has 0 bridgehead atoms. The highest BCUT2D eigenvalue weighted by molar-refractivity contribution is 7.12. The molecule has 0 saturated carbocycles. The molecule has 3 nitrogen and oxygen atoms in total. The second kappa shape index (κ2) is 3.90. The Morgan fingerprint density at radius 2 is 1.94 bits per heavy atom. The van der Waals surface area contributed by atoms with Crippen molar-refractivity contribution in [3.63, 3.8) is 0 Å². The van der Waals surface area contributed by atoms with Crippen LogP contribution in [0.5, 0.6) is 0 Å². The molecule has 0 spiro atoms. The molecule has 4 heteroatoms. The Morgan fingerprint density at radius 3 is 2.69 bits per heavy atom. The van der Waals surface area contributed by atoms with E-state index < -0.39 is 0 Å². The highest BCUT2D eigenvalue weighted by atomic mass is 32.1. The minimum atomic E-state index is 0.891. The number of nitrogens with zero attached hydrogens (tertiary/aromatic N) is 3. The average molecular weight is 227 g/mol. The van der Waals surface area contributed by atoms with Crippen molar-refractivity contribution < 1.29 is 0 Å². The van der Waals surface area contributed by atoms with Crippen LogP contribution in [0.3, 0.4) is 0 Å². The molecule has 0 saturated heterocycles.